The summed E-state index contributed by atoms with van der Waals surface area (Å²) < 4.78 is 45.0. The summed E-state index contributed by atoms with van der Waals surface area (Å²) in [5.74, 6) is -0.185. The summed E-state index contributed by atoms with van der Waals surface area (Å²) in [6.07, 6.45) is -1.90. The van der Waals surface area contributed by atoms with Crippen LogP contribution in [-0.2, 0) is 11.0 Å². The fraction of sp³-hybridized carbons (Fsp3) is 0.100. The van der Waals surface area contributed by atoms with E-state index in [1.54, 1.807) is 42.5 Å². The van der Waals surface area contributed by atoms with Crippen molar-refractivity contribution in [2.75, 3.05) is 12.4 Å². The van der Waals surface area contributed by atoms with Gasteiger partial charge in [0, 0.05) is 6.08 Å². The van der Waals surface area contributed by atoms with Crippen molar-refractivity contribution in [2.45, 2.75) is 6.18 Å². The molecule has 2 N–H and O–H groups in total. The topological polar surface area (TPSA) is 67.0 Å². The molecule has 3 rings (SSSR count). The summed E-state index contributed by atoms with van der Waals surface area (Å²) in [7, 11) is 1.52. The number of ether oxygens (including phenoxy) is 1. The standard InChI is InChI=1S/C20H16F3N3O2/c1-28-15-9-5-6-13(12-15)10-11-16(27)24-19-17(14-7-3-2-4-8-14)18(25-26-19)20(21,22)23/h2-12H,1H3,(H2,24,25,26,27)/b11-10+. The van der Waals surface area contributed by atoms with Gasteiger partial charge in [-0.15, -0.1) is 0 Å². The Bertz CT molecular complexity index is 995. The maximum absolute atomic E-state index is 13.3. The number of alkyl halides is 3. The molecule has 0 bridgehead atoms. The Balaban J connectivity index is 1.87. The first-order valence-electron chi connectivity index (χ1n) is 8.22. The number of methoxy groups -OCH3 is 1. The van der Waals surface area contributed by atoms with Gasteiger partial charge in [-0.25, -0.2) is 0 Å². The summed E-state index contributed by atoms with van der Waals surface area (Å²) >= 11 is 0. The van der Waals surface area contributed by atoms with Gasteiger partial charge in [-0.1, -0.05) is 42.5 Å². The van der Waals surface area contributed by atoms with Gasteiger partial charge in [-0.3, -0.25) is 9.89 Å². The third kappa shape index (κ3) is 4.40. The van der Waals surface area contributed by atoms with Crippen LogP contribution in [0.15, 0.2) is 60.7 Å². The highest BCUT2D eigenvalue weighted by Gasteiger charge is 2.38. The van der Waals surface area contributed by atoms with Gasteiger partial charge in [-0.2, -0.15) is 18.3 Å². The van der Waals surface area contributed by atoms with Crippen molar-refractivity contribution in [2.24, 2.45) is 0 Å². The van der Waals surface area contributed by atoms with Gasteiger partial charge in [-0.05, 0) is 29.3 Å². The highest BCUT2D eigenvalue weighted by Crippen LogP contribution is 2.39. The Labute approximate surface area is 158 Å². The van der Waals surface area contributed by atoms with Crippen molar-refractivity contribution in [1.82, 2.24) is 10.2 Å². The van der Waals surface area contributed by atoms with Crippen molar-refractivity contribution >= 4 is 17.8 Å². The van der Waals surface area contributed by atoms with Crippen LogP contribution in [0.4, 0.5) is 19.0 Å². The smallest absolute Gasteiger partial charge is 0.433 e. The van der Waals surface area contributed by atoms with Crippen LogP contribution in [-0.4, -0.2) is 23.2 Å². The zero-order valence-corrected chi connectivity index (χ0v) is 14.7. The molecule has 8 heteroatoms. The molecule has 1 aromatic heterocycles. The molecule has 1 heterocycles. The van der Waals surface area contributed by atoms with Gasteiger partial charge in [0.25, 0.3) is 0 Å². The van der Waals surface area contributed by atoms with Crippen LogP contribution in [0.1, 0.15) is 11.3 Å². The largest absolute Gasteiger partial charge is 0.497 e. The van der Waals surface area contributed by atoms with Crippen LogP contribution >= 0.6 is 0 Å². The molecular weight excluding hydrogens is 371 g/mol. The first kappa shape index (κ1) is 19.2. The molecule has 0 aliphatic carbocycles. The molecule has 144 valence electrons. The van der Waals surface area contributed by atoms with Crippen molar-refractivity contribution < 1.29 is 22.7 Å². The number of aromatic nitrogens is 2. The van der Waals surface area contributed by atoms with Crippen LogP contribution < -0.4 is 10.1 Å². The van der Waals surface area contributed by atoms with Gasteiger partial charge in [0.05, 0.1) is 12.7 Å². The molecule has 0 saturated heterocycles. The van der Waals surface area contributed by atoms with E-state index in [1.165, 1.54) is 31.4 Å². The molecule has 0 aliphatic heterocycles. The fourth-order valence-corrected chi connectivity index (χ4v) is 2.60. The van der Waals surface area contributed by atoms with Crippen molar-refractivity contribution in [3.05, 3.63) is 71.9 Å². The number of anilines is 1. The molecule has 0 spiro atoms. The Kier molecular flexibility index (Phi) is 5.49. The lowest BCUT2D eigenvalue weighted by Crippen LogP contribution is -2.10. The summed E-state index contributed by atoms with van der Waals surface area (Å²) in [6.45, 7) is 0. The zero-order valence-electron chi connectivity index (χ0n) is 14.7. The zero-order chi connectivity index (χ0) is 20.1. The van der Waals surface area contributed by atoms with Gasteiger partial charge in [0.1, 0.15) is 11.4 Å². The number of nitrogens with one attached hydrogen (secondary N) is 2. The van der Waals surface area contributed by atoms with Crippen LogP contribution in [0.25, 0.3) is 17.2 Å². The van der Waals surface area contributed by atoms with Crippen LogP contribution in [0.5, 0.6) is 5.75 Å². The first-order valence-corrected chi connectivity index (χ1v) is 8.22. The monoisotopic (exact) mass is 387 g/mol. The summed E-state index contributed by atoms with van der Waals surface area (Å²) in [5, 5.41) is 8.03. The van der Waals surface area contributed by atoms with E-state index in [0.717, 1.165) is 0 Å². The molecule has 28 heavy (non-hydrogen) atoms. The number of halogens is 3. The number of amides is 1. The molecule has 0 aliphatic rings. The van der Waals surface area contributed by atoms with Crippen molar-refractivity contribution in [3.63, 3.8) is 0 Å². The Morgan fingerprint density at radius 2 is 1.89 bits per heavy atom. The highest BCUT2D eigenvalue weighted by atomic mass is 19.4. The average molecular weight is 387 g/mol. The number of hydrogen-bond donors (Lipinski definition) is 2. The second-order valence-corrected chi connectivity index (χ2v) is 5.79. The van der Waals surface area contributed by atoms with E-state index in [-0.39, 0.29) is 16.9 Å². The van der Waals surface area contributed by atoms with Crippen LogP contribution in [0, 0.1) is 0 Å². The molecule has 0 unspecified atom stereocenters. The predicted molar refractivity (Wildman–Crippen MR) is 99.7 cm³/mol. The minimum Gasteiger partial charge on any atom is -0.497 e. The number of nitrogens with zero attached hydrogens (tertiary/aromatic N) is 1. The van der Waals surface area contributed by atoms with Crippen molar-refractivity contribution in [1.29, 1.82) is 0 Å². The first-order chi connectivity index (χ1) is 13.4. The summed E-state index contributed by atoms with van der Waals surface area (Å²) in [5.41, 5.74) is -0.242. The minimum atomic E-state index is -4.64. The number of benzene rings is 2. The van der Waals surface area contributed by atoms with Gasteiger partial charge >= 0.3 is 6.18 Å². The second kappa shape index (κ2) is 7.99. The van der Waals surface area contributed by atoms with E-state index in [0.29, 0.717) is 11.3 Å². The van der Waals surface area contributed by atoms with E-state index in [4.69, 9.17) is 4.74 Å². The molecule has 5 nitrogen and oxygen atoms in total. The molecule has 3 aromatic rings. The van der Waals surface area contributed by atoms with Crippen molar-refractivity contribution in [3.8, 4) is 16.9 Å². The van der Waals surface area contributed by atoms with Crippen LogP contribution in [0.3, 0.4) is 0 Å². The second-order valence-electron chi connectivity index (χ2n) is 5.79. The Morgan fingerprint density at radius 3 is 2.57 bits per heavy atom. The molecule has 1 amide bonds. The third-order valence-corrected chi connectivity index (χ3v) is 3.87. The molecule has 0 fully saturated rings. The predicted octanol–water partition coefficient (Wildman–Crippen LogP) is 4.76. The highest BCUT2D eigenvalue weighted by molar-refractivity contribution is 6.03. The molecule has 0 radical (unpaired) electrons. The maximum Gasteiger partial charge on any atom is 0.433 e. The lowest BCUT2D eigenvalue weighted by atomic mass is 10.1. The van der Waals surface area contributed by atoms with E-state index in [1.807, 2.05) is 5.10 Å². The van der Waals surface area contributed by atoms with E-state index >= 15 is 0 Å². The van der Waals surface area contributed by atoms with E-state index < -0.39 is 17.8 Å². The lowest BCUT2D eigenvalue weighted by molar-refractivity contribution is -0.140. The van der Waals surface area contributed by atoms with E-state index in [2.05, 4.69) is 10.4 Å². The molecule has 0 atom stereocenters. The number of carbonyl (C=O) groups is 1. The lowest BCUT2D eigenvalue weighted by Gasteiger charge is -2.09. The summed E-state index contributed by atoms with van der Waals surface area (Å²) in [6, 6.07) is 14.9. The normalized spacial score (nSPS) is 11.6. The molecular formula is C20H16F3N3O2. The maximum atomic E-state index is 13.3. The number of carbonyl (C=O) groups excluding carboxylic acids is 1. The Morgan fingerprint density at radius 1 is 1.14 bits per heavy atom. The van der Waals surface area contributed by atoms with Crippen LogP contribution in [0.2, 0.25) is 0 Å². The molecule has 0 saturated carbocycles. The third-order valence-electron chi connectivity index (χ3n) is 3.87. The fourth-order valence-electron chi connectivity index (χ4n) is 2.60. The minimum absolute atomic E-state index is 0.196. The van der Waals surface area contributed by atoms with Gasteiger partial charge in [0.15, 0.2) is 5.82 Å². The number of aromatic amines is 1. The number of H-pyrrole nitrogens is 1. The Hall–Kier alpha value is -3.55. The van der Waals surface area contributed by atoms with E-state index in [9.17, 15) is 18.0 Å². The summed E-state index contributed by atoms with van der Waals surface area (Å²) in [4.78, 5) is 12.2. The number of hydrogen-bond acceptors (Lipinski definition) is 3. The van der Waals surface area contributed by atoms with Gasteiger partial charge in [0.2, 0.25) is 5.91 Å². The van der Waals surface area contributed by atoms with Gasteiger partial charge < -0.3 is 10.1 Å². The average Bonchev–Trinajstić information content (AvgIpc) is 3.11. The quantitative estimate of drug-likeness (QED) is 0.621. The SMILES string of the molecule is COc1cccc(/C=C/C(=O)Nc2n[nH]c(C(F)(F)F)c2-c2ccccc2)c1. The number of rotatable bonds is 5. The molecule has 2 aromatic carbocycles.